The quantitative estimate of drug-likeness (QED) is 0.877. The molecule has 0 aliphatic rings. The molecule has 18 heavy (non-hydrogen) atoms. The van der Waals surface area contributed by atoms with Crippen LogP contribution in [0.1, 0.15) is 5.56 Å². The van der Waals surface area contributed by atoms with Crippen molar-refractivity contribution in [3.8, 4) is 11.3 Å². The Hall–Kier alpha value is -1.11. The zero-order chi connectivity index (χ0) is 13.1. The van der Waals surface area contributed by atoms with Gasteiger partial charge in [0.2, 0.25) is 0 Å². The molecular formula is C11H9ClN2O2S2. The van der Waals surface area contributed by atoms with Gasteiger partial charge in [0, 0.05) is 5.56 Å². The van der Waals surface area contributed by atoms with Crippen LogP contribution < -0.4 is 0 Å². The lowest BCUT2D eigenvalue weighted by Gasteiger charge is -2.03. The molecule has 0 fully saturated rings. The third-order valence-electron chi connectivity index (χ3n) is 2.16. The predicted molar refractivity (Wildman–Crippen MR) is 73.5 cm³/mol. The molecule has 1 aromatic heterocycles. The second-order valence-electron chi connectivity index (χ2n) is 3.57. The van der Waals surface area contributed by atoms with Crippen LogP contribution in [0.2, 0.25) is 5.02 Å². The smallest absolute Gasteiger partial charge is 0.313 e. The maximum absolute atomic E-state index is 10.6. The van der Waals surface area contributed by atoms with Gasteiger partial charge < -0.3 is 5.11 Å². The standard InChI is InChI=1S/C11H9ClN2O2S2/c1-6-2-3-7(8(12)4-6)10-11(18-14-13-10)17-5-9(15)16/h2-4H,5H2,1H3,(H,15,16). The van der Waals surface area contributed by atoms with E-state index in [1.54, 1.807) is 0 Å². The SMILES string of the molecule is Cc1ccc(-c2nnsc2SCC(=O)O)c(Cl)c1. The van der Waals surface area contributed by atoms with Gasteiger partial charge in [-0.3, -0.25) is 4.79 Å². The van der Waals surface area contributed by atoms with Crippen LogP contribution in [0.3, 0.4) is 0 Å². The Kier molecular flexibility index (Phi) is 4.21. The van der Waals surface area contributed by atoms with Gasteiger partial charge in [0.1, 0.15) is 9.90 Å². The molecule has 1 aromatic carbocycles. The van der Waals surface area contributed by atoms with Gasteiger partial charge in [-0.1, -0.05) is 40.0 Å². The van der Waals surface area contributed by atoms with Crippen LogP contribution in [0.25, 0.3) is 11.3 Å². The van der Waals surface area contributed by atoms with E-state index in [2.05, 4.69) is 9.59 Å². The van der Waals surface area contributed by atoms with Gasteiger partial charge in [-0.05, 0) is 30.1 Å². The lowest BCUT2D eigenvalue weighted by molar-refractivity contribution is -0.133. The van der Waals surface area contributed by atoms with Crippen molar-refractivity contribution in [3.05, 3.63) is 28.8 Å². The molecule has 1 heterocycles. The van der Waals surface area contributed by atoms with Crippen molar-refractivity contribution in [2.75, 3.05) is 5.75 Å². The lowest BCUT2D eigenvalue weighted by atomic mass is 10.1. The van der Waals surface area contributed by atoms with Gasteiger partial charge in [0.05, 0.1) is 10.8 Å². The van der Waals surface area contributed by atoms with Crippen LogP contribution in [-0.2, 0) is 4.79 Å². The number of carboxylic acid groups (broad SMARTS) is 1. The second-order valence-corrected chi connectivity index (χ2v) is 5.98. The van der Waals surface area contributed by atoms with Gasteiger partial charge in [0.15, 0.2) is 0 Å². The fraction of sp³-hybridized carbons (Fsp3) is 0.182. The van der Waals surface area contributed by atoms with E-state index < -0.39 is 5.97 Å². The Bertz CT molecular complexity index is 586. The molecule has 0 aliphatic carbocycles. The first kappa shape index (κ1) is 13.3. The Morgan fingerprint density at radius 3 is 3.00 bits per heavy atom. The molecule has 0 saturated carbocycles. The third kappa shape index (κ3) is 3.01. The number of aryl methyl sites for hydroxylation is 1. The highest BCUT2D eigenvalue weighted by atomic mass is 35.5. The van der Waals surface area contributed by atoms with Gasteiger partial charge >= 0.3 is 5.97 Å². The number of halogens is 1. The molecule has 2 rings (SSSR count). The van der Waals surface area contributed by atoms with Crippen LogP contribution >= 0.6 is 34.9 Å². The lowest BCUT2D eigenvalue weighted by Crippen LogP contribution is -1.97. The molecule has 4 nitrogen and oxygen atoms in total. The summed E-state index contributed by atoms with van der Waals surface area (Å²) in [5.74, 6) is -0.880. The average Bonchev–Trinajstić information content (AvgIpc) is 2.74. The number of carboxylic acids is 1. The van der Waals surface area contributed by atoms with E-state index in [4.69, 9.17) is 16.7 Å². The molecule has 0 aliphatic heterocycles. The van der Waals surface area contributed by atoms with Crippen molar-refractivity contribution in [3.63, 3.8) is 0 Å². The summed E-state index contributed by atoms with van der Waals surface area (Å²) in [7, 11) is 0. The number of benzene rings is 1. The van der Waals surface area contributed by atoms with Crippen LogP contribution in [0, 0.1) is 6.92 Å². The van der Waals surface area contributed by atoms with Crippen LogP contribution in [0.4, 0.5) is 0 Å². The van der Waals surface area contributed by atoms with Crippen molar-refractivity contribution in [2.24, 2.45) is 0 Å². The topological polar surface area (TPSA) is 63.1 Å². The molecule has 0 bridgehead atoms. The molecule has 94 valence electrons. The molecule has 0 saturated heterocycles. The highest BCUT2D eigenvalue weighted by Gasteiger charge is 2.15. The summed E-state index contributed by atoms with van der Waals surface area (Å²) in [4.78, 5) is 10.6. The van der Waals surface area contributed by atoms with Crippen molar-refractivity contribution < 1.29 is 9.90 Å². The van der Waals surface area contributed by atoms with Gasteiger partial charge in [-0.25, -0.2) is 0 Å². The van der Waals surface area contributed by atoms with Crippen molar-refractivity contribution in [1.29, 1.82) is 0 Å². The second kappa shape index (κ2) is 5.69. The van der Waals surface area contributed by atoms with Crippen molar-refractivity contribution >= 4 is 40.9 Å². The summed E-state index contributed by atoms with van der Waals surface area (Å²) < 4.78 is 4.63. The van der Waals surface area contributed by atoms with Crippen LogP contribution in [0.15, 0.2) is 22.4 Å². The van der Waals surface area contributed by atoms with E-state index in [-0.39, 0.29) is 5.75 Å². The van der Waals surface area contributed by atoms with E-state index in [9.17, 15) is 4.79 Å². The summed E-state index contributed by atoms with van der Waals surface area (Å²) in [6.45, 7) is 1.95. The van der Waals surface area contributed by atoms with E-state index in [0.717, 1.165) is 15.3 Å². The molecule has 1 N–H and O–H groups in total. The maximum Gasteiger partial charge on any atom is 0.313 e. The van der Waals surface area contributed by atoms with Crippen LogP contribution in [-0.4, -0.2) is 26.4 Å². The number of hydrogen-bond acceptors (Lipinski definition) is 5. The fourth-order valence-electron chi connectivity index (χ4n) is 1.38. The number of aromatic nitrogens is 2. The predicted octanol–water partition coefficient (Wildman–Crippen LogP) is 3.34. The Labute approximate surface area is 117 Å². The van der Waals surface area contributed by atoms with Gasteiger partial charge in [-0.2, -0.15) is 0 Å². The number of nitrogens with zero attached hydrogens (tertiary/aromatic N) is 2. The van der Waals surface area contributed by atoms with Gasteiger partial charge in [0.25, 0.3) is 0 Å². The number of rotatable bonds is 4. The normalized spacial score (nSPS) is 10.6. The number of aliphatic carboxylic acids is 1. The third-order valence-corrected chi connectivity index (χ3v) is 4.42. The maximum atomic E-state index is 10.6. The molecule has 0 amide bonds. The minimum atomic E-state index is -0.866. The molecule has 7 heteroatoms. The summed E-state index contributed by atoms with van der Waals surface area (Å²) >= 11 is 8.55. The highest BCUT2D eigenvalue weighted by molar-refractivity contribution is 8.01. The number of thioether (sulfide) groups is 1. The Morgan fingerprint density at radius 2 is 2.33 bits per heavy atom. The number of carbonyl (C=O) groups is 1. The molecule has 0 spiro atoms. The summed E-state index contributed by atoms with van der Waals surface area (Å²) in [6, 6.07) is 5.66. The van der Waals surface area contributed by atoms with E-state index >= 15 is 0 Å². The zero-order valence-electron chi connectivity index (χ0n) is 9.38. The van der Waals surface area contributed by atoms with Gasteiger partial charge in [-0.15, -0.1) is 5.10 Å². The number of hydrogen-bond donors (Lipinski definition) is 1. The van der Waals surface area contributed by atoms with E-state index in [1.807, 2.05) is 25.1 Å². The molecule has 0 atom stereocenters. The average molecular weight is 301 g/mol. The molecular weight excluding hydrogens is 292 g/mol. The summed E-state index contributed by atoms with van der Waals surface area (Å²) in [6.07, 6.45) is 0. The Balaban J connectivity index is 2.33. The fourth-order valence-corrected chi connectivity index (χ4v) is 3.17. The van der Waals surface area contributed by atoms with Crippen molar-refractivity contribution in [2.45, 2.75) is 11.1 Å². The minimum Gasteiger partial charge on any atom is -0.481 e. The highest BCUT2D eigenvalue weighted by Crippen LogP contribution is 2.36. The first-order valence-electron chi connectivity index (χ1n) is 5.01. The van der Waals surface area contributed by atoms with Crippen molar-refractivity contribution in [1.82, 2.24) is 9.59 Å². The Morgan fingerprint density at radius 1 is 1.56 bits per heavy atom. The summed E-state index contributed by atoms with van der Waals surface area (Å²) in [5.41, 5.74) is 2.49. The largest absolute Gasteiger partial charge is 0.481 e. The van der Waals surface area contributed by atoms with Crippen LogP contribution in [0.5, 0.6) is 0 Å². The van der Waals surface area contributed by atoms with E-state index in [0.29, 0.717) is 10.7 Å². The van der Waals surface area contributed by atoms with E-state index in [1.165, 1.54) is 23.3 Å². The zero-order valence-corrected chi connectivity index (χ0v) is 11.8. The molecule has 2 aromatic rings. The molecule has 0 radical (unpaired) electrons. The molecule has 0 unspecified atom stereocenters. The monoisotopic (exact) mass is 300 g/mol. The first-order valence-corrected chi connectivity index (χ1v) is 7.15. The summed E-state index contributed by atoms with van der Waals surface area (Å²) in [5, 5.41) is 13.3. The first-order chi connectivity index (χ1) is 8.58. The minimum absolute atomic E-state index is 0.0135.